The summed E-state index contributed by atoms with van der Waals surface area (Å²) in [6.07, 6.45) is 0. The lowest BCUT2D eigenvalue weighted by atomic mass is 10.2. The van der Waals surface area contributed by atoms with Crippen LogP contribution in [0.1, 0.15) is 20.7 Å². The van der Waals surface area contributed by atoms with Gasteiger partial charge in [-0.2, -0.15) is 0 Å². The van der Waals surface area contributed by atoms with E-state index in [1.807, 2.05) is 0 Å². The molecular formula is C23H22N4O9S. The number of Topliss-reactive ketones (excluding diaryl/α,β-unsaturated/α-hetero) is 1. The number of hydrogen-bond donors (Lipinski definition) is 2. The molecule has 0 saturated carbocycles. The zero-order valence-electron chi connectivity index (χ0n) is 19.7. The van der Waals surface area contributed by atoms with E-state index in [1.54, 1.807) is 0 Å². The molecule has 14 heteroatoms. The van der Waals surface area contributed by atoms with Crippen LogP contribution in [0.5, 0.6) is 11.5 Å². The number of nitrogens with two attached hydrogens (primary N) is 1. The predicted octanol–water partition coefficient (Wildman–Crippen LogP) is 0.278. The summed E-state index contributed by atoms with van der Waals surface area (Å²) in [6.45, 7) is -0.114. The first-order valence-electron chi connectivity index (χ1n) is 10.8. The smallest absolute Gasteiger partial charge is 0.338 e. The zero-order chi connectivity index (χ0) is 26.9. The molecule has 37 heavy (non-hydrogen) atoms. The van der Waals surface area contributed by atoms with Crippen LogP contribution in [0.25, 0.3) is 0 Å². The van der Waals surface area contributed by atoms with Crippen molar-refractivity contribution in [3.8, 4) is 11.5 Å². The number of fused-ring (bicyclic) bond motifs is 1. The van der Waals surface area contributed by atoms with Crippen molar-refractivity contribution >= 4 is 33.3 Å². The highest BCUT2D eigenvalue weighted by molar-refractivity contribution is 7.92. The monoisotopic (exact) mass is 530 g/mol. The van der Waals surface area contributed by atoms with Crippen LogP contribution in [0, 0.1) is 0 Å². The Labute approximate surface area is 210 Å². The normalized spacial score (nSPS) is 12.6. The molecule has 0 unspecified atom stereocenters. The highest BCUT2D eigenvalue weighted by atomic mass is 32.2. The van der Waals surface area contributed by atoms with Crippen LogP contribution in [0.2, 0.25) is 0 Å². The molecule has 0 fully saturated rings. The quantitative estimate of drug-likeness (QED) is 0.318. The molecule has 0 amide bonds. The van der Waals surface area contributed by atoms with E-state index < -0.39 is 45.2 Å². The first kappa shape index (κ1) is 25.5. The molecule has 0 radical (unpaired) electrons. The van der Waals surface area contributed by atoms with E-state index in [1.165, 1.54) is 56.6 Å². The van der Waals surface area contributed by atoms with Gasteiger partial charge in [0.2, 0.25) is 5.78 Å². The number of nitrogen functional groups attached to an aromatic ring is 1. The number of ether oxygens (including phenoxy) is 3. The van der Waals surface area contributed by atoms with Gasteiger partial charge in [0.25, 0.3) is 15.6 Å². The number of rotatable bonds is 7. The van der Waals surface area contributed by atoms with Gasteiger partial charge in [-0.25, -0.2) is 18.0 Å². The number of carbonyl (C=O) groups excluding carboxylic acids is 2. The lowest BCUT2D eigenvalue weighted by Crippen LogP contribution is -2.42. The number of nitrogens with zero attached hydrogens (tertiary/aromatic N) is 2. The Morgan fingerprint density at radius 2 is 1.65 bits per heavy atom. The fourth-order valence-corrected chi connectivity index (χ4v) is 4.56. The van der Waals surface area contributed by atoms with Crippen LogP contribution < -0.4 is 31.2 Å². The number of nitrogens with one attached hydrogen (secondary N) is 1. The van der Waals surface area contributed by atoms with E-state index >= 15 is 0 Å². The summed E-state index contributed by atoms with van der Waals surface area (Å²) in [7, 11) is -1.48. The molecule has 2 aromatic carbocycles. The Bertz CT molecular complexity index is 1620. The summed E-state index contributed by atoms with van der Waals surface area (Å²) >= 11 is 0. The molecule has 194 valence electrons. The molecule has 2 heterocycles. The molecule has 13 nitrogen and oxygen atoms in total. The van der Waals surface area contributed by atoms with Crippen molar-refractivity contribution in [2.24, 2.45) is 14.1 Å². The minimum atomic E-state index is -3.96. The minimum Gasteiger partial charge on any atom is -0.486 e. The number of anilines is 2. The number of ketones is 1. The Morgan fingerprint density at radius 3 is 2.32 bits per heavy atom. The molecule has 1 aromatic heterocycles. The summed E-state index contributed by atoms with van der Waals surface area (Å²) < 4.78 is 45.3. The topological polar surface area (TPSA) is 178 Å². The van der Waals surface area contributed by atoms with Crippen LogP contribution in [0.4, 0.5) is 11.5 Å². The van der Waals surface area contributed by atoms with Crippen molar-refractivity contribution in [1.29, 1.82) is 0 Å². The number of benzene rings is 2. The molecule has 0 aliphatic carbocycles. The minimum absolute atomic E-state index is 0.0245. The third kappa shape index (κ3) is 5.04. The van der Waals surface area contributed by atoms with E-state index in [4.69, 9.17) is 19.9 Å². The maximum absolute atomic E-state index is 12.7. The van der Waals surface area contributed by atoms with Crippen molar-refractivity contribution in [1.82, 2.24) is 9.13 Å². The van der Waals surface area contributed by atoms with Gasteiger partial charge in [0.1, 0.15) is 24.6 Å². The van der Waals surface area contributed by atoms with Crippen LogP contribution in [-0.2, 0) is 28.9 Å². The van der Waals surface area contributed by atoms with E-state index in [2.05, 4.69) is 4.72 Å². The number of carbonyl (C=O) groups is 2. The molecular weight excluding hydrogens is 508 g/mol. The average Bonchev–Trinajstić information content (AvgIpc) is 2.89. The van der Waals surface area contributed by atoms with Crippen molar-refractivity contribution in [3.05, 3.63) is 74.4 Å². The summed E-state index contributed by atoms with van der Waals surface area (Å²) in [5.74, 6) is -1.35. The fourth-order valence-electron chi connectivity index (χ4n) is 3.49. The zero-order valence-corrected chi connectivity index (χ0v) is 20.5. The molecule has 0 spiro atoms. The molecule has 1 aliphatic rings. The molecule has 0 atom stereocenters. The average molecular weight is 531 g/mol. The number of hydrogen-bond acceptors (Lipinski definition) is 10. The summed E-state index contributed by atoms with van der Waals surface area (Å²) in [4.78, 5) is 49.0. The molecule has 1 aliphatic heterocycles. The highest BCUT2D eigenvalue weighted by Gasteiger charge is 2.22. The number of sulfonamides is 1. The largest absolute Gasteiger partial charge is 0.486 e. The van der Waals surface area contributed by atoms with Crippen LogP contribution >= 0.6 is 0 Å². The molecule has 0 bridgehead atoms. The summed E-state index contributed by atoms with van der Waals surface area (Å²) in [5.41, 5.74) is 3.84. The SMILES string of the molecule is Cn1c(N)c(C(=O)COC(=O)c2ccc(NS(=O)(=O)c3ccc4c(c3)OCCO4)cc2)c(=O)n(C)c1=O. The van der Waals surface area contributed by atoms with Gasteiger partial charge < -0.3 is 19.9 Å². The summed E-state index contributed by atoms with van der Waals surface area (Å²) in [5, 5.41) is 0. The van der Waals surface area contributed by atoms with Gasteiger partial charge in [-0.05, 0) is 36.4 Å². The van der Waals surface area contributed by atoms with Crippen LogP contribution in [0.15, 0.2) is 56.9 Å². The Balaban J connectivity index is 1.42. The van der Waals surface area contributed by atoms with Crippen molar-refractivity contribution in [3.63, 3.8) is 0 Å². The fraction of sp³-hybridized carbons (Fsp3) is 0.217. The molecule has 3 aromatic rings. The van der Waals surface area contributed by atoms with Crippen molar-refractivity contribution in [2.75, 3.05) is 30.3 Å². The lowest BCUT2D eigenvalue weighted by Gasteiger charge is -2.19. The van der Waals surface area contributed by atoms with E-state index in [0.717, 1.165) is 9.13 Å². The van der Waals surface area contributed by atoms with E-state index in [-0.39, 0.29) is 22.0 Å². The van der Waals surface area contributed by atoms with Gasteiger partial charge >= 0.3 is 11.7 Å². The third-order valence-electron chi connectivity index (χ3n) is 5.52. The summed E-state index contributed by atoms with van der Waals surface area (Å²) in [6, 6.07) is 9.51. The molecule has 4 rings (SSSR count). The number of esters is 1. The van der Waals surface area contributed by atoms with Crippen LogP contribution in [0.3, 0.4) is 0 Å². The highest BCUT2D eigenvalue weighted by Crippen LogP contribution is 2.32. The first-order chi connectivity index (χ1) is 17.5. The standard InChI is InChI=1S/C23H22N4O9S/c1-26-20(24)19(21(29)27(2)23(26)31)16(28)12-36-22(30)13-3-5-14(6-4-13)25-37(32,33)15-7-8-17-18(11-15)35-10-9-34-17/h3-8,11,25H,9-10,12,24H2,1-2H3. The second-order valence-corrected chi connectivity index (χ2v) is 9.64. The Morgan fingerprint density at radius 1 is 1.00 bits per heavy atom. The van der Waals surface area contributed by atoms with Gasteiger partial charge in [0.15, 0.2) is 18.1 Å². The second kappa shape index (κ2) is 9.81. The first-order valence-corrected chi connectivity index (χ1v) is 12.3. The van der Waals surface area contributed by atoms with Crippen molar-refractivity contribution in [2.45, 2.75) is 4.90 Å². The molecule has 0 saturated heterocycles. The molecule has 3 N–H and O–H groups in total. The van der Waals surface area contributed by atoms with Gasteiger partial charge in [0, 0.05) is 25.8 Å². The second-order valence-electron chi connectivity index (χ2n) is 7.95. The number of aromatic nitrogens is 2. The van der Waals surface area contributed by atoms with Crippen LogP contribution in [-0.4, -0.2) is 49.1 Å². The Kier molecular flexibility index (Phi) is 6.76. The van der Waals surface area contributed by atoms with Gasteiger partial charge in [0.05, 0.1) is 10.5 Å². The van der Waals surface area contributed by atoms with E-state index in [9.17, 15) is 27.6 Å². The lowest BCUT2D eigenvalue weighted by molar-refractivity contribution is 0.0474. The Hall–Kier alpha value is -4.59. The maximum Gasteiger partial charge on any atom is 0.338 e. The van der Waals surface area contributed by atoms with E-state index in [0.29, 0.717) is 24.7 Å². The third-order valence-corrected chi connectivity index (χ3v) is 6.90. The maximum atomic E-state index is 12.7. The predicted molar refractivity (Wildman–Crippen MR) is 131 cm³/mol. The van der Waals surface area contributed by atoms with Gasteiger partial charge in [-0.1, -0.05) is 0 Å². The van der Waals surface area contributed by atoms with Crippen molar-refractivity contribution < 1.29 is 32.2 Å². The van der Waals surface area contributed by atoms with Gasteiger partial charge in [-0.3, -0.25) is 23.4 Å². The van der Waals surface area contributed by atoms with Gasteiger partial charge in [-0.15, -0.1) is 0 Å².